The molecule has 1 amide bonds. The van der Waals surface area contributed by atoms with Gasteiger partial charge in [-0.25, -0.2) is 5.43 Å². The minimum Gasteiger partial charge on any atom is -0.365 e. The van der Waals surface area contributed by atoms with Gasteiger partial charge in [-0.1, -0.05) is 0 Å². The number of carbonyl (C=O) groups is 1. The van der Waals surface area contributed by atoms with E-state index in [1.807, 2.05) is 18.3 Å². The summed E-state index contributed by atoms with van der Waals surface area (Å²) in [6, 6.07) is 3.86. The molecule has 1 atom stereocenters. The zero-order valence-electron chi connectivity index (χ0n) is 8.56. The molecule has 1 aromatic heterocycles. The van der Waals surface area contributed by atoms with Crippen LogP contribution in [-0.4, -0.2) is 16.9 Å². The number of nitroso groups, excluding NO2 is 1. The maximum absolute atomic E-state index is 11.1. The van der Waals surface area contributed by atoms with E-state index in [4.69, 9.17) is 0 Å². The average molecular weight is 220 g/mol. The summed E-state index contributed by atoms with van der Waals surface area (Å²) in [5.74, 6) is -0.480. The van der Waals surface area contributed by atoms with E-state index in [1.165, 1.54) is 0 Å². The van der Waals surface area contributed by atoms with Crippen LogP contribution in [0, 0.1) is 4.91 Å². The fourth-order valence-corrected chi connectivity index (χ4v) is 1.59. The molecule has 2 heterocycles. The molecule has 84 valence electrons. The van der Waals surface area contributed by atoms with E-state index in [0.717, 1.165) is 18.5 Å². The van der Waals surface area contributed by atoms with Gasteiger partial charge in [0.05, 0.1) is 0 Å². The Balaban J connectivity index is 1.93. The maximum Gasteiger partial charge on any atom is 0.287 e. The van der Waals surface area contributed by atoms with E-state index in [1.54, 1.807) is 6.08 Å². The predicted octanol–water partition coefficient (Wildman–Crippen LogP) is 0.601. The summed E-state index contributed by atoms with van der Waals surface area (Å²) in [5.41, 5.74) is 6.27. The van der Waals surface area contributed by atoms with Gasteiger partial charge in [-0.15, -0.1) is 4.91 Å². The number of carbonyl (C=O) groups excluding carboxylic acids is 1. The van der Waals surface area contributed by atoms with Gasteiger partial charge in [0.2, 0.25) is 0 Å². The highest BCUT2D eigenvalue weighted by Crippen LogP contribution is 2.09. The van der Waals surface area contributed by atoms with Gasteiger partial charge in [0.25, 0.3) is 5.91 Å². The molecular weight excluding hydrogens is 208 g/mol. The molecule has 1 aromatic rings. The standard InChI is InChI=1S/C10H12N4O2/c15-10-9(14-16)6-8(12-13-10)4-3-7-2-1-5-11-7/h1-2,5-6,8,11-12H,3-4H2,(H,13,15). The van der Waals surface area contributed by atoms with Crippen LogP contribution >= 0.6 is 0 Å². The topological polar surface area (TPSA) is 86.3 Å². The summed E-state index contributed by atoms with van der Waals surface area (Å²) in [5, 5.41) is 2.68. The van der Waals surface area contributed by atoms with Crippen molar-refractivity contribution in [3.05, 3.63) is 40.7 Å². The molecule has 0 saturated heterocycles. The molecule has 0 radical (unpaired) electrons. The molecule has 3 N–H and O–H groups in total. The number of aryl methyl sites for hydroxylation is 1. The first-order chi connectivity index (χ1) is 7.79. The van der Waals surface area contributed by atoms with Gasteiger partial charge >= 0.3 is 0 Å². The summed E-state index contributed by atoms with van der Waals surface area (Å²) < 4.78 is 0. The Morgan fingerprint density at radius 2 is 2.31 bits per heavy atom. The van der Waals surface area contributed by atoms with Crippen LogP contribution in [0.5, 0.6) is 0 Å². The van der Waals surface area contributed by atoms with Crippen LogP contribution in [0.25, 0.3) is 0 Å². The van der Waals surface area contributed by atoms with Crippen LogP contribution in [0.4, 0.5) is 0 Å². The van der Waals surface area contributed by atoms with Crippen LogP contribution in [0.3, 0.4) is 0 Å². The quantitative estimate of drug-likeness (QED) is 0.649. The highest BCUT2D eigenvalue weighted by molar-refractivity contribution is 5.93. The second-order valence-electron chi connectivity index (χ2n) is 3.58. The number of hydrogen-bond acceptors (Lipinski definition) is 4. The van der Waals surface area contributed by atoms with Crippen molar-refractivity contribution in [2.45, 2.75) is 18.9 Å². The summed E-state index contributed by atoms with van der Waals surface area (Å²) >= 11 is 0. The number of H-pyrrole nitrogens is 1. The lowest BCUT2D eigenvalue weighted by atomic mass is 10.1. The van der Waals surface area contributed by atoms with Crippen molar-refractivity contribution in [1.29, 1.82) is 0 Å². The van der Waals surface area contributed by atoms with Gasteiger partial charge in [-0.3, -0.25) is 10.2 Å². The first kappa shape index (κ1) is 10.6. The van der Waals surface area contributed by atoms with Crippen molar-refractivity contribution < 1.29 is 4.79 Å². The Morgan fingerprint density at radius 3 is 3.00 bits per heavy atom. The lowest BCUT2D eigenvalue weighted by Gasteiger charge is -2.19. The van der Waals surface area contributed by atoms with E-state index in [2.05, 4.69) is 21.0 Å². The smallest absolute Gasteiger partial charge is 0.287 e. The van der Waals surface area contributed by atoms with Gasteiger partial charge in [0.1, 0.15) is 0 Å². The Kier molecular flexibility index (Phi) is 3.11. The third-order valence-corrected chi connectivity index (χ3v) is 2.45. The number of nitrogens with one attached hydrogen (secondary N) is 3. The number of hydrazine groups is 1. The van der Waals surface area contributed by atoms with Crippen molar-refractivity contribution in [2.24, 2.45) is 5.18 Å². The summed E-state index contributed by atoms with van der Waals surface area (Å²) in [6.07, 6.45) is 5.03. The van der Waals surface area contributed by atoms with E-state index < -0.39 is 5.91 Å². The Bertz CT molecular complexity index is 410. The van der Waals surface area contributed by atoms with Gasteiger partial charge in [-0.2, -0.15) is 0 Å². The van der Waals surface area contributed by atoms with Crippen molar-refractivity contribution in [3.8, 4) is 0 Å². The van der Waals surface area contributed by atoms with Crippen molar-refractivity contribution in [1.82, 2.24) is 15.8 Å². The second kappa shape index (κ2) is 4.71. The molecule has 6 heteroatoms. The van der Waals surface area contributed by atoms with E-state index in [-0.39, 0.29) is 11.7 Å². The molecular formula is C10H12N4O2. The molecule has 0 aliphatic carbocycles. The molecule has 1 unspecified atom stereocenters. The zero-order valence-corrected chi connectivity index (χ0v) is 8.56. The monoisotopic (exact) mass is 220 g/mol. The molecule has 1 aliphatic rings. The number of aromatic nitrogens is 1. The van der Waals surface area contributed by atoms with Crippen molar-refractivity contribution in [2.75, 3.05) is 0 Å². The van der Waals surface area contributed by atoms with Gasteiger partial charge in [0, 0.05) is 17.9 Å². The molecule has 1 aliphatic heterocycles. The van der Waals surface area contributed by atoms with Crippen molar-refractivity contribution in [3.63, 3.8) is 0 Å². The summed E-state index contributed by atoms with van der Waals surface area (Å²) in [4.78, 5) is 24.5. The third kappa shape index (κ3) is 2.34. The van der Waals surface area contributed by atoms with Gasteiger partial charge in [-0.05, 0) is 36.2 Å². The predicted molar refractivity (Wildman–Crippen MR) is 58.1 cm³/mol. The number of rotatable bonds is 4. The molecule has 0 saturated carbocycles. The minimum absolute atomic E-state index is 0.0600. The first-order valence-corrected chi connectivity index (χ1v) is 5.03. The van der Waals surface area contributed by atoms with E-state index in [0.29, 0.717) is 0 Å². The molecule has 0 fully saturated rings. The van der Waals surface area contributed by atoms with Crippen LogP contribution in [0.15, 0.2) is 35.3 Å². The summed E-state index contributed by atoms with van der Waals surface area (Å²) in [6.45, 7) is 0. The van der Waals surface area contributed by atoms with Crippen LogP contribution < -0.4 is 10.9 Å². The van der Waals surface area contributed by atoms with E-state index >= 15 is 0 Å². The Hall–Kier alpha value is -1.95. The molecule has 2 rings (SSSR count). The Labute approximate surface area is 92.1 Å². The second-order valence-corrected chi connectivity index (χ2v) is 3.58. The third-order valence-electron chi connectivity index (χ3n) is 2.45. The highest BCUT2D eigenvalue weighted by atomic mass is 16.3. The lowest BCUT2D eigenvalue weighted by molar-refractivity contribution is -0.119. The van der Waals surface area contributed by atoms with Gasteiger partial charge in [0.15, 0.2) is 5.70 Å². The fraction of sp³-hybridized carbons (Fsp3) is 0.300. The largest absolute Gasteiger partial charge is 0.365 e. The number of amides is 1. The van der Waals surface area contributed by atoms with Crippen LogP contribution in [0.2, 0.25) is 0 Å². The maximum atomic E-state index is 11.1. The molecule has 0 spiro atoms. The Morgan fingerprint density at radius 1 is 1.44 bits per heavy atom. The van der Waals surface area contributed by atoms with Crippen LogP contribution in [0.1, 0.15) is 12.1 Å². The lowest BCUT2D eigenvalue weighted by Crippen LogP contribution is -2.48. The molecule has 0 aromatic carbocycles. The van der Waals surface area contributed by atoms with Crippen molar-refractivity contribution >= 4 is 5.91 Å². The average Bonchev–Trinajstić information content (AvgIpc) is 2.81. The zero-order chi connectivity index (χ0) is 11.4. The summed E-state index contributed by atoms with van der Waals surface area (Å²) in [7, 11) is 0. The molecule has 0 bridgehead atoms. The fourth-order valence-electron chi connectivity index (χ4n) is 1.59. The van der Waals surface area contributed by atoms with E-state index in [9.17, 15) is 9.70 Å². The number of hydrogen-bond donors (Lipinski definition) is 3. The van der Waals surface area contributed by atoms with Gasteiger partial charge < -0.3 is 4.98 Å². The number of nitrogens with zero attached hydrogens (tertiary/aromatic N) is 1. The molecule has 16 heavy (non-hydrogen) atoms. The SMILES string of the molecule is O=NC1=CC(CCc2ccc[nH]2)NNC1=O. The normalized spacial score (nSPS) is 20.1. The molecule has 6 nitrogen and oxygen atoms in total. The number of aromatic amines is 1. The minimum atomic E-state index is -0.480. The van der Waals surface area contributed by atoms with Crippen LogP contribution in [-0.2, 0) is 11.2 Å². The highest BCUT2D eigenvalue weighted by Gasteiger charge is 2.19. The first-order valence-electron chi connectivity index (χ1n) is 5.03.